The van der Waals surface area contributed by atoms with Crippen molar-refractivity contribution in [2.24, 2.45) is 0 Å². The first-order chi connectivity index (χ1) is 11.4. The maximum Gasteiger partial charge on any atom is 0.313 e. The molecule has 0 saturated carbocycles. The first kappa shape index (κ1) is 17.2. The SMILES string of the molecule is Cc1ccc(NC(=O)C(=O)NCC(=O)Nc2cccc(C)c2)cc1. The molecular formula is C18H19N3O3. The van der Waals surface area contributed by atoms with Gasteiger partial charge in [0.2, 0.25) is 5.91 Å². The maximum absolute atomic E-state index is 11.8. The van der Waals surface area contributed by atoms with E-state index in [9.17, 15) is 14.4 Å². The minimum atomic E-state index is -0.866. The number of amides is 3. The Morgan fingerprint density at radius 1 is 0.792 bits per heavy atom. The minimum absolute atomic E-state index is 0.284. The molecule has 0 bridgehead atoms. The molecule has 24 heavy (non-hydrogen) atoms. The predicted octanol–water partition coefficient (Wildman–Crippen LogP) is 2.00. The third kappa shape index (κ3) is 5.24. The molecule has 0 atom stereocenters. The standard InChI is InChI=1S/C18H19N3O3/c1-12-6-8-14(9-7-12)21-18(24)17(23)19-11-16(22)20-15-5-3-4-13(2)10-15/h3-10H,11H2,1-2H3,(H,19,23)(H,20,22)(H,21,24). The molecule has 6 nitrogen and oxygen atoms in total. The third-order valence-corrected chi connectivity index (χ3v) is 3.23. The summed E-state index contributed by atoms with van der Waals surface area (Å²) in [5.74, 6) is -2.09. The Morgan fingerprint density at radius 3 is 2.17 bits per heavy atom. The van der Waals surface area contributed by atoms with E-state index in [1.54, 1.807) is 18.2 Å². The summed E-state index contributed by atoms with van der Waals surface area (Å²) in [7, 11) is 0. The van der Waals surface area contributed by atoms with E-state index >= 15 is 0 Å². The van der Waals surface area contributed by atoms with Crippen LogP contribution in [-0.2, 0) is 14.4 Å². The van der Waals surface area contributed by atoms with E-state index in [1.807, 2.05) is 44.2 Å². The normalized spacial score (nSPS) is 9.92. The van der Waals surface area contributed by atoms with Crippen LogP contribution in [0.3, 0.4) is 0 Å². The number of anilines is 2. The molecule has 0 aliphatic rings. The average Bonchev–Trinajstić information content (AvgIpc) is 2.54. The molecule has 0 saturated heterocycles. The van der Waals surface area contributed by atoms with E-state index in [0.29, 0.717) is 11.4 Å². The fraction of sp³-hybridized carbons (Fsp3) is 0.167. The summed E-state index contributed by atoms with van der Waals surface area (Å²) in [6, 6.07) is 14.3. The first-order valence-electron chi connectivity index (χ1n) is 7.46. The molecule has 3 amide bonds. The second-order valence-electron chi connectivity index (χ2n) is 5.42. The summed E-state index contributed by atoms with van der Waals surface area (Å²) in [5.41, 5.74) is 3.21. The number of benzene rings is 2. The zero-order valence-electron chi connectivity index (χ0n) is 13.6. The molecule has 0 aliphatic carbocycles. The van der Waals surface area contributed by atoms with Crippen LogP contribution < -0.4 is 16.0 Å². The zero-order valence-corrected chi connectivity index (χ0v) is 13.6. The van der Waals surface area contributed by atoms with Crippen molar-refractivity contribution in [1.82, 2.24) is 5.32 Å². The smallest absolute Gasteiger partial charge is 0.313 e. The van der Waals surface area contributed by atoms with Gasteiger partial charge in [-0.25, -0.2) is 0 Å². The fourth-order valence-corrected chi connectivity index (χ4v) is 1.99. The Labute approximate surface area is 140 Å². The van der Waals surface area contributed by atoms with Gasteiger partial charge in [0.05, 0.1) is 6.54 Å². The van der Waals surface area contributed by atoms with Gasteiger partial charge in [-0.2, -0.15) is 0 Å². The van der Waals surface area contributed by atoms with Gasteiger partial charge in [-0.15, -0.1) is 0 Å². The van der Waals surface area contributed by atoms with E-state index < -0.39 is 17.7 Å². The molecule has 3 N–H and O–H groups in total. The number of carbonyl (C=O) groups is 3. The summed E-state index contributed by atoms with van der Waals surface area (Å²) in [6.45, 7) is 3.55. The lowest BCUT2D eigenvalue weighted by Crippen LogP contribution is -2.39. The van der Waals surface area contributed by atoms with E-state index in [4.69, 9.17) is 0 Å². The largest absolute Gasteiger partial charge is 0.339 e. The van der Waals surface area contributed by atoms with Crippen molar-refractivity contribution in [1.29, 1.82) is 0 Å². The van der Waals surface area contributed by atoms with E-state index in [2.05, 4.69) is 16.0 Å². The highest BCUT2D eigenvalue weighted by Crippen LogP contribution is 2.09. The van der Waals surface area contributed by atoms with Crippen molar-refractivity contribution in [2.75, 3.05) is 17.2 Å². The van der Waals surface area contributed by atoms with Crippen molar-refractivity contribution in [2.45, 2.75) is 13.8 Å². The molecule has 6 heteroatoms. The van der Waals surface area contributed by atoms with Crippen LogP contribution in [-0.4, -0.2) is 24.3 Å². The van der Waals surface area contributed by atoms with Gasteiger partial charge in [-0.1, -0.05) is 29.8 Å². The highest BCUT2D eigenvalue weighted by molar-refractivity contribution is 6.39. The summed E-state index contributed by atoms with van der Waals surface area (Å²) in [4.78, 5) is 35.3. The summed E-state index contributed by atoms with van der Waals surface area (Å²) >= 11 is 0. The average molecular weight is 325 g/mol. The van der Waals surface area contributed by atoms with E-state index in [1.165, 1.54) is 0 Å². The first-order valence-corrected chi connectivity index (χ1v) is 7.46. The van der Waals surface area contributed by atoms with Gasteiger partial charge in [-0.05, 0) is 43.7 Å². The maximum atomic E-state index is 11.8. The van der Waals surface area contributed by atoms with Crippen molar-refractivity contribution in [3.8, 4) is 0 Å². The molecule has 2 aromatic rings. The number of nitrogens with one attached hydrogen (secondary N) is 3. The van der Waals surface area contributed by atoms with Gasteiger partial charge in [-0.3, -0.25) is 14.4 Å². The van der Waals surface area contributed by atoms with Gasteiger partial charge in [0.15, 0.2) is 0 Å². The topological polar surface area (TPSA) is 87.3 Å². The molecule has 2 aromatic carbocycles. The molecule has 0 radical (unpaired) electrons. The van der Waals surface area contributed by atoms with Crippen LogP contribution in [0.25, 0.3) is 0 Å². The van der Waals surface area contributed by atoms with Crippen LogP contribution in [0.5, 0.6) is 0 Å². The molecule has 0 fully saturated rings. The Balaban J connectivity index is 1.80. The van der Waals surface area contributed by atoms with Crippen molar-refractivity contribution in [3.05, 3.63) is 59.7 Å². The number of aryl methyl sites for hydroxylation is 2. The molecule has 0 aliphatic heterocycles. The van der Waals surface area contributed by atoms with Crippen molar-refractivity contribution in [3.63, 3.8) is 0 Å². The molecular weight excluding hydrogens is 306 g/mol. The second kappa shape index (κ2) is 7.92. The Morgan fingerprint density at radius 2 is 1.50 bits per heavy atom. The van der Waals surface area contributed by atoms with Gasteiger partial charge >= 0.3 is 11.8 Å². The summed E-state index contributed by atoms with van der Waals surface area (Å²) < 4.78 is 0. The van der Waals surface area contributed by atoms with Crippen LogP contribution in [0.15, 0.2) is 48.5 Å². The second-order valence-corrected chi connectivity index (χ2v) is 5.42. The van der Waals surface area contributed by atoms with Crippen LogP contribution in [0.2, 0.25) is 0 Å². The van der Waals surface area contributed by atoms with Crippen LogP contribution in [0, 0.1) is 13.8 Å². The van der Waals surface area contributed by atoms with Crippen molar-refractivity contribution >= 4 is 29.1 Å². The molecule has 124 valence electrons. The number of rotatable bonds is 4. The lowest BCUT2D eigenvalue weighted by atomic mass is 10.2. The summed E-state index contributed by atoms with van der Waals surface area (Å²) in [6.07, 6.45) is 0. The van der Waals surface area contributed by atoms with Crippen LogP contribution in [0.1, 0.15) is 11.1 Å². The Kier molecular flexibility index (Phi) is 5.68. The lowest BCUT2D eigenvalue weighted by Gasteiger charge is -2.08. The third-order valence-electron chi connectivity index (χ3n) is 3.23. The number of hydrogen-bond acceptors (Lipinski definition) is 3. The minimum Gasteiger partial charge on any atom is -0.339 e. The van der Waals surface area contributed by atoms with Gasteiger partial charge in [0, 0.05) is 11.4 Å². The van der Waals surface area contributed by atoms with E-state index in [0.717, 1.165) is 11.1 Å². The highest BCUT2D eigenvalue weighted by atomic mass is 16.2. The molecule has 0 unspecified atom stereocenters. The van der Waals surface area contributed by atoms with Gasteiger partial charge < -0.3 is 16.0 Å². The predicted molar refractivity (Wildman–Crippen MR) is 92.6 cm³/mol. The lowest BCUT2D eigenvalue weighted by molar-refractivity contribution is -0.136. The molecule has 0 spiro atoms. The fourth-order valence-electron chi connectivity index (χ4n) is 1.99. The molecule has 0 heterocycles. The highest BCUT2D eigenvalue weighted by Gasteiger charge is 2.14. The molecule has 0 aromatic heterocycles. The quantitative estimate of drug-likeness (QED) is 0.751. The monoisotopic (exact) mass is 325 g/mol. The zero-order chi connectivity index (χ0) is 17.5. The van der Waals surface area contributed by atoms with Gasteiger partial charge in [0.25, 0.3) is 0 Å². The Bertz CT molecular complexity index is 754. The number of carbonyl (C=O) groups excluding carboxylic acids is 3. The van der Waals surface area contributed by atoms with E-state index in [-0.39, 0.29) is 6.54 Å². The van der Waals surface area contributed by atoms with Crippen LogP contribution in [0.4, 0.5) is 11.4 Å². The van der Waals surface area contributed by atoms with Gasteiger partial charge in [0.1, 0.15) is 0 Å². The Hall–Kier alpha value is -3.15. The number of hydrogen-bond donors (Lipinski definition) is 3. The molecule has 2 rings (SSSR count). The van der Waals surface area contributed by atoms with Crippen molar-refractivity contribution < 1.29 is 14.4 Å². The summed E-state index contributed by atoms with van der Waals surface area (Å²) in [5, 5.41) is 7.40. The van der Waals surface area contributed by atoms with Crippen LogP contribution >= 0.6 is 0 Å².